The van der Waals surface area contributed by atoms with E-state index in [0.717, 1.165) is 23.8 Å². The average Bonchev–Trinajstić information content (AvgIpc) is 3.01. The average molecular weight is 455 g/mol. The van der Waals surface area contributed by atoms with Gasteiger partial charge in [-0.2, -0.15) is 0 Å². The van der Waals surface area contributed by atoms with E-state index in [9.17, 15) is 18.4 Å². The van der Waals surface area contributed by atoms with Gasteiger partial charge >= 0.3 is 0 Å². The maximum Gasteiger partial charge on any atom is 0.282 e. The van der Waals surface area contributed by atoms with Crippen molar-refractivity contribution in [1.82, 2.24) is 0 Å². The van der Waals surface area contributed by atoms with Crippen molar-refractivity contribution >= 4 is 40.4 Å². The Hall–Kier alpha value is -3.71. The van der Waals surface area contributed by atoms with Gasteiger partial charge in [0.15, 0.2) is 0 Å². The summed E-state index contributed by atoms with van der Waals surface area (Å²) in [6.45, 7) is 1.80. The summed E-state index contributed by atoms with van der Waals surface area (Å²) >= 11 is 6.10. The third-order valence-electron chi connectivity index (χ3n) is 5.07. The van der Waals surface area contributed by atoms with Gasteiger partial charge in [-0.1, -0.05) is 35.9 Å². The molecule has 0 unspecified atom stereocenters. The van der Waals surface area contributed by atoms with Crippen molar-refractivity contribution in [2.24, 2.45) is 0 Å². The molecule has 0 radical (unpaired) electrons. The standard InChI is InChI=1S/C24H17ClF2N2O3/c1-13-7-8-14(25)11-18(13)28-22-21(16-5-3-4-6-20(16)32-2)23(30)29(24(22)31)19-12-15(26)9-10-17(19)27/h3-12,28H,1-2H3. The normalized spacial score (nSPS) is 13.7. The van der Waals surface area contributed by atoms with Crippen molar-refractivity contribution in [3.05, 3.63) is 94.1 Å². The molecule has 162 valence electrons. The number of aryl methyl sites for hydroxylation is 1. The first-order valence-electron chi connectivity index (χ1n) is 9.56. The van der Waals surface area contributed by atoms with E-state index in [1.54, 1.807) is 49.4 Å². The number of benzene rings is 3. The number of nitrogens with zero attached hydrogens (tertiary/aromatic N) is 1. The smallest absolute Gasteiger partial charge is 0.282 e. The lowest BCUT2D eigenvalue weighted by atomic mass is 10.0. The predicted molar refractivity (Wildman–Crippen MR) is 119 cm³/mol. The number of methoxy groups -OCH3 is 1. The molecule has 0 saturated heterocycles. The molecule has 8 heteroatoms. The number of halogens is 3. The minimum Gasteiger partial charge on any atom is -0.496 e. The molecule has 1 heterocycles. The van der Waals surface area contributed by atoms with E-state index in [-0.39, 0.29) is 11.3 Å². The highest BCUT2D eigenvalue weighted by molar-refractivity contribution is 6.46. The Balaban J connectivity index is 1.92. The first kappa shape index (κ1) is 21.5. The highest BCUT2D eigenvalue weighted by Crippen LogP contribution is 2.38. The van der Waals surface area contributed by atoms with E-state index in [0.29, 0.717) is 26.9 Å². The number of carbonyl (C=O) groups excluding carboxylic acids is 2. The molecule has 0 bridgehead atoms. The summed E-state index contributed by atoms with van der Waals surface area (Å²) in [7, 11) is 1.43. The number of anilines is 2. The minimum absolute atomic E-state index is 0.0320. The molecule has 0 aliphatic carbocycles. The van der Waals surface area contributed by atoms with Crippen LogP contribution in [0.1, 0.15) is 11.1 Å². The number of carbonyl (C=O) groups is 2. The Kier molecular flexibility index (Phi) is 5.67. The van der Waals surface area contributed by atoms with Gasteiger partial charge < -0.3 is 10.1 Å². The molecule has 1 aliphatic heterocycles. The summed E-state index contributed by atoms with van der Waals surface area (Å²) in [6, 6.07) is 14.2. The Labute approximate surface area is 187 Å². The molecular weight excluding hydrogens is 438 g/mol. The molecule has 0 aromatic heterocycles. The van der Waals surface area contributed by atoms with Crippen LogP contribution in [0.25, 0.3) is 5.57 Å². The Morgan fingerprint density at radius 2 is 1.72 bits per heavy atom. The molecule has 0 saturated carbocycles. The van der Waals surface area contributed by atoms with E-state index >= 15 is 0 Å². The highest BCUT2D eigenvalue weighted by atomic mass is 35.5. The van der Waals surface area contributed by atoms with Crippen LogP contribution >= 0.6 is 11.6 Å². The number of imide groups is 1. The lowest BCUT2D eigenvalue weighted by molar-refractivity contribution is -0.120. The van der Waals surface area contributed by atoms with Gasteiger partial charge in [0.05, 0.1) is 18.4 Å². The number of rotatable bonds is 5. The Bertz CT molecular complexity index is 1290. The zero-order valence-corrected chi connectivity index (χ0v) is 17.8. The summed E-state index contributed by atoms with van der Waals surface area (Å²) < 4.78 is 33.7. The van der Waals surface area contributed by atoms with E-state index in [1.165, 1.54) is 7.11 Å². The molecule has 2 amide bonds. The lowest BCUT2D eigenvalue weighted by Gasteiger charge is -2.16. The third kappa shape index (κ3) is 3.71. The minimum atomic E-state index is -0.910. The van der Waals surface area contributed by atoms with Crippen LogP contribution in [-0.4, -0.2) is 18.9 Å². The predicted octanol–water partition coefficient (Wildman–Crippen LogP) is 5.33. The van der Waals surface area contributed by atoms with Gasteiger partial charge in [-0.3, -0.25) is 9.59 Å². The molecule has 1 N–H and O–H groups in total. The topological polar surface area (TPSA) is 58.6 Å². The van der Waals surface area contributed by atoms with Gasteiger partial charge in [0.1, 0.15) is 23.1 Å². The van der Waals surface area contributed by atoms with Gasteiger partial charge in [0, 0.05) is 22.3 Å². The van der Waals surface area contributed by atoms with Crippen LogP contribution in [-0.2, 0) is 9.59 Å². The van der Waals surface area contributed by atoms with Crippen LogP contribution in [0, 0.1) is 18.6 Å². The summed E-state index contributed by atoms with van der Waals surface area (Å²) in [5, 5.41) is 3.39. The zero-order valence-electron chi connectivity index (χ0n) is 17.1. The second-order valence-corrected chi connectivity index (χ2v) is 7.51. The van der Waals surface area contributed by atoms with E-state index in [4.69, 9.17) is 16.3 Å². The molecular formula is C24H17ClF2N2O3. The Morgan fingerprint density at radius 1 is 0.969 bits per heavy atom. The summed E-state index contributed by atoms with van der Waals surface area (Å²) in [5.41, 5.74) is 0.963. The van der Waals surface area contributed by atoms with Crippen molar-refractivity contribution in [3.8, 4) is 5.75 Å². The molecule has 3 aromatic carbocycles. The quantitative estimate of drug-likeness (QED) is 0.529. The number of nitrogens with one attached hydrogen (secondary N) is 1. The summed E-state index contributed by atoms with van der Waals surface area (Å²) in [5.74, 6) is -3.00. The summed E-state index contributed by atoms with van der Waals surface area (Å²) in [4.78, 5) is 27.4. The molecule has 1 aliphatic rings. The van der Waals surface area contributed by atoms with Crippen LogP contribution < -0.4 is 15.0 Å². The van der Waals surface area contributed by atoms with Crippen molar-refractivity contribution < 1.29 is 23.1 Å². The van der Waals surface area contributed by atoms with E-state index < -0.39 is 29.1 Å². The molecule has 0 atom stereocenters. The van der Waals surface area contributed by atoms with Crippen molar-refractivity contribution in [3.63, 3.8) is 0 Å². The lowest BCUT2D eigenvalue weighted by Crippen LogP contribution is -2.33. The maximum absolute atomic E-state index is 14.5. The third-order valence-corrected chi connectivity index (χ3v) is 5.30. The fourth-order valence-corrected chi connectivity index (χ4v) is 3.66. The summed E-state index contributed by atoms with van der Waals surface area (Å²) in [6.07, 6.45) is 0. The van der Waals surface area contributed by atoms with Crippen molar-refractivity contribution in [2.45, 2.75) is 6.92 Å². The first-order chi connectivity index (χ1) is 15.3. The fourth-order valence-electron chi connectivity index (χ4n) is 3.49. The van der Waals surface area contributed by atoms with Crippen LogP contribution in [0.3, 0.4) is 0 Å². The molecule has 32 heavy (non-hydrogen) atoms. The first-order valence-corrected chi connectivity index (χ1v) is 9.94. The van der Waals surface area contributed by atoms with Gasteiger partial charge in [-0.15, -0.1) is 0 Å². The number of amides is 2. The van der Waals surface area contributed by atoms with Crippen LogP contribution in [0.4, 0.5) is 20.2 Å². The van der Waals surface area contributed by atoms with Gasteiger partial charge in [0.25, 0.3) is 11.8 Å². The molecule has 5 nitrogen and oxygen atoms in total. The zero-order chi connectivity index (χ0) is 23.0. The largest absolute Gasteiger partial charge is 0.496 e. The van der Waals surface area contributed by atoms with Gasteiger partial charge in [-0.25, -0.2) is 13.7 Å². The number of para-hydroxylation sites is 1. The van der Waals surface area contributed by atoms with Crippen LogP contribution in [0.15, 0.2) is 66.4 Å². The molecule has 0 spiro atoms. The van der Waals surface area contributed by atoms with Crippen LogP contribution in [0.2, 0.25) is 5.02 Å². The SMILES string of the molecule is COc1ccccc1C1=C(Nc2cc(Cl)ccc2C)C(=O)N(c2cc(F)ccc2F)C1=O. The molecule has 4 rings (SSSR count). The number of hydrogen-bond acceptors (Lipinski definition) is 4. The number of hydrogen-bond donors (Lipinski definition) is 1. The highest BCUT2D eigenvalue weighted by Gasteiger charge is 2.42. The second-order valence-electron chi connectivity index (χ2n) is 7.08. The van der Waals surface area contributed by atoms with Crippen molar-refractivity contribution in [2.75, 3.05) is 17.3 Å². The van der Waals surface area contributed by atoms with Crippen LogP contribution in [0.5, 0.6) is 5.75 Å². The van der Waals surface area contributed by atoms with E-state index in [1.807, 2.05) is 0 Å². The van der Waals surface area contributed by atoms with E-state index in [2.05, 4.69) is 5.32 Å². The van der Waals surface area contributed by atoms with Gasteiger partial charge in [-0.05, 0) is 42.8 Å². The molecule has 0 fully saturated rings. The fraction of sp³-hybridized carbons (Fsp3) is 0.0833. The molecule has 3 aromatic rings. The Morgan fingerprint density at radius 3 is 2.47 bits per heavy atom. The monoisotopic (exact) mass is 454 g/mol. The second kappa shape index (κ2) is 8.43. The number of ether oxygens (including phenoxy) is 1. The maximum atomic E-state index is 14.5. The van der Waals surface area contributed by atoms with Gasteiger partial charge in [0.2, 0.25) is 0 Å². The van der Waals surface area contributed by atoms with Crippen molar-refractivity contribution in [1.29, 1.82) is 0 Å².